The number of hydrogen-bond donors (Lipinski definition) is 2. The van der Waals surface area contributed by atoms with Gasteiger partial charge in [-0.3, -0.25) is 0 Å². The number of aromatic hydroxyl groups is 1. The monoisotopic (exact) mass is 267 g/mol. The van der Waals surface area contributed by atoms with E-state index in [4.69, 9.17) is 16.3 Å². The van der Waals surface area contributed by atoms with E-state index in [-0.39, 0.29) is 10.8 Å². The normalized spacial score (nSPS) is 10.9. The van der Waals surface area contributed by atoms with Crippen molar-refractivity contribution in [1.29, 1.82) is 0 Å². The minimum absolute atomic E-state index is 0.0359. The fraction of sp³-hybridized carbons (Fsp3) is 0.308. The quantitative estimate of drug-likeness (QED) is 0.821. The number of hydrogen-bond acceptors (Lipinski definition) is 3. The van der Waals surface area contributed by atoms with Gasteiger partial charge in [0.1, 0.15) is 5.75 Å². The molecule has 0 fully saturated rings. The number of rotatable bonds is 2. The Bertz CT molecular complexity index is 631. The van der Waals surface area contributed by atoms with Gasteiger partial charge < -0.3 is 14.8 Å². The molecule has 1 heterocycles. The van der Waals surface area contributed by atoms with Crippen molar-refractivity contribution in [2.24, 2.45) is 0 Å². The van der Waals surface area contributed by atoms with Crippen molar-refractivity contribution in [3.05, 3.63) is 27.9 Å². The smallest absolute Gasteiger partial charge is 0.340 e. The summed E-state index contributed by atoms with van der Waals surface area (Å²) in [5, 5.41) is 10.4. The number of benzene rings is 1. The third-order valence-corrected chi connectivity index (χ3v) is 3.24. The number of phenols is 1. The lowest BCUT2D eigenvalue weighted by molar-refractivity contribution is 0.0528. The fourth-order valence-corrected chi connectivity index (χ4v) is 2.31. The summed E-state index contributed by atoms with van der Waals surface area (Å²) < 4.78 is 5.01. The maximum atomic E-state index is 11.9. The molecule has 0 spiro atoms. The molecule has 5 heteroatoms. The summed E-state index contributed by atoms with van der Waals surface area (Å²) in [7, 11) is 0. The Hall–Kier alpha value is -1.68. The van der Waals surface area contributed by atoms with Gasteiger partial charge in [0.15, 0.2) is 0 Å². The molecule has 0 saturated heterocycles. The molecule has 0 saturated carbocycles. The summed E-state index contributed by atoms with van der Waals surface area (Å²) in [6.45, 7) is 5.65. The molecule has 1 aromatic heterocycles. The molecule has 0 aliphatic rings. The third-order valence-electron chi connectivity index (χ3n) is 2.86. The number of nitrogens with one attached hydrogen (secondary N) is 1. The second-order valence-corrected chi connectivity index (χ2v) is 4.50. The molecule has 18 heavy (non-hydrogen) atoms. The summed E-state index contributed by atoms with van der Waals surface area (Å²) in [6, 6.07) is 1.57. The zero-order chi connectivity index (χ0) is 13.4. The Labute approximate surface area is 110 Å². The Morgan fingerprint density at radius 3 is 2.78 bits per heavy atom. The summed E-state index contributed by atoms with van der Waals surface area (Å²) in [6.07, 6.45) is 0. The summed E-state index contributed by atoms with van der Waals surface area (Å²) >= 11 is 6.08. The third kappa shape index (κ3) is 1.82. The van der Waals surface area contributed by atoms with Gasteiger partial charge in [-0.15, -0.1) is 0 Å². The first-order valence-corrected chi connectivity index (χ1v) is 6.02. The molecule has 0 atom stereocenters. The van der Waals surface area contributed by atoms with Crippen LogP contribution in [-0.4, -0.2) is 22.7 Å². The number of carbonyl (C=O) groups is 1. The highest BCUT2D eigenvalue weighted by Crippen LogP contribution is 2.37. The van der Waals surface area contributed by atoms with E-state index in [1.165, 1.54) is 0 Å². The first kappa shape index (κ1) is 12.8. The number of phenolic OH excluding ortho intramolecular Hbond substituents is 1. The number of H-pyrrole nitrogens is 1. The molecule has 2 N–H and O–H groups in total. The zero-order valence-corrected chi connectivity index (χ0v) is 11.2. The zero-order valence-electron chi connectivity index (χ0n) is 10.4. The van der Waals surface area contributed by atoms with Crippen LogP contribution in [-0.2, 0) is 4.74 Å². The molecule has 0 aliphatic heterocycles. The van der Waals surface area contributed by atoms with Crippen molar-refractivity contribution in [3.8, 4) is 5.75 Å². The average Bonchev–Trinajstić information content (AvgIpc) is 2.65. The van der Waals surface area contributed by atoms with Crippen LogP contribution in [0, 0.1) is 13.8 Å². The van der Waals surface area contributed by atoms with Crippen molar-refractivity contribution >= 4 is 28.5 Å². The van der Waals surface area contributed by atoms with Crippen LogP contribution in [0.15, 0.2) is 6.07 Å². The topological polar surface area (TPSA) is 62.3 Å². The maximum absolute atomic E-state index is 11.9. The van der Waals surface area contributed by atoms with Gasteiger partial charge in [-0.1, -0.05) is 11.6 Å². The molecular weight excluding hydrogens is 254 g/mol. The number of aryl methyl sites for hydroxylation is 2. The van der Waals surface area contributed by atoms with E-state index in [1.807, 2.05) is 6.92 Å². The molecule has 2 rings (SSSR count). The van der Waals surface area contributed by atoms with Gasteiger partial charge in [-0.2, -0.15) is 0 Å². The van der Waals surface area contributed by atoms with Crippen molar-refractivity contribution in [1.82, 2.24) is 4.98 Å². The number of carbonyl (C=O) groups excluding carboxylic acids is 1. The molecule has 0 amide bonds. The number of fused-ring (bicyclic) bond motifs is 1. The minimum Gasteiger partial charge on any atom is -0.506 e. The summed E-state index contributed by atoms with van der Waals surface area (Å²) in [5.41, 5.74) is 2.64. The predicted molar refractivity (Wildman–Crippen MR) is 70.4 cm³/mol. The van der Waals surface area contributed by atoms with E-state index in [0.29, 0.717) is 23.3 Å². The Morgan fingerprint density at radius 1 is 1.50 bits per heavy atom. The molecule has 4 nitrogen and oxygen atoms in total. The van der Waals surface area contributed by atoms with Gasteiger partial charge in [-0.05, 0) is 32.4 Å². The molecule has 96 valence electrons. The van der Waals surface area contributed by atoms with Gasteiger partial charge >= 0.3 is 5.97 Å². The molecule has 1 aromatic carbocycles. The van der Waals surface area contributed by atoms with E-state index in [9.17, 15) is 9.90 Å². The van der Waals surface area contributed by atoms with Crippen LogP contribution in [0.25, 0.3) is 10.9 Å². The van der Waals surface area contributed by atoms with Crippen LogP contribution in [0.5, 0.6) is 5.75 Å². The van der Waals surface area contributed by atoms with Gasteiger partial charge in [0.2, 0.25) is 0 Å². The van der Waals surface area contributed by atoms with E-state index >= 15 is 0 Å². The molecule has 0 unspecified atom stereocenters. The van der Waals surface area contributed by atoms with Gasteiger partial charge in [0.05, 0.1) is 22.7 Å². The standard InChI is InChI=1S/C13H14ClNO3/c1-4-18-13(17)9-7(3)15-12-6(2)5-8(16)11(14)10(9)12/h5,15-16H,4H2,1-3H3. The second kappa shape index (κ2) is 4.53. The number of esters is 1. The lowest BCUT2D eigenvalue weighted by atomic mass is 10.1. The maximum Gasteiger partial charge on any atom is 0.340 e. The van der Waals surface area contributed by atoms with Crippen molar-refractivity contribution < 1.29 is 14.6 Å². The van der Waals surface area contributed by atoms with Crippen molar-refractivity contribution in [3.63, 3.8) is 0 Å². The highest BCUT2D eigenvalue weighted by atomic mass is 35.5. The van der Waals surface area contributed by atoms with Crippen molar-refractivity contribution in [2.45, 2.75) is 20.8 Å². The van der Waals surface area contributed by atoms with Crippen LogP contribution >= 0.6 is 11.6 Å². The average molecular weight is 268 g/mol. The second-order valence-electron chi connectivity index (χ2n) is 4.12. The Morgan fingerprint density at radius 2 is 2.17 bits per heavy atom. The predicted octanol–water partition coefficient (Wildman–Crippen LogP) is 3.32. The van der Waals surface area contributed by atoms with Gasteiger partial charge in [0, 0.05) is 11.1 Å². The SMILES string of the molecule is CCOC(=O)c1c(C)[nH]c2c(C)cc(O)c(Cl)c12. The lowest BCUT2D eigenvalue weighted by Crippen LogP contribution is -2.05. The Balaban J connectivity index is 2.81. The molecule has 0 bridgehead atoms. The molecule has 0 aliphatic carbocycles. The number of halogens is 1. The van der Waals surface area contributed by atoms with E-state index in [1.54, 1.807) is 19.9 Å². The Kier molecular flexibility index (Phi) is 3.22. The van der Waals surface area contributed by atoms with Gasteiger partial charge in [-0.25, -0.2) is 4.79 Å². The largest absolute Gasteiger partial charge is 0.506 e. The number of aromatic amines is 1. The number of aromatic nitrogens is 1. The van der Waals surface area contributed by atoms with Crippen LogP contribution in [0.3, 0.4) is 0 Å². The van der Waals surface area contributed by atoms with Crippen molar-refractivity contribution in [2.75, 3.05) is 6.61 Å². The summed E-state index contributed by atoms with van der Waals surface area (Å²) in [5.74, 6) is -0.473. The molecular formula is C13H14ClNO3. The van der Waals surface area contributed by atoms with Crippen LogP contribution < -0.4 is 0 Å². The lowest BCUT2D eigenvalue weighted by Gasteiger charge is -2.05. The van der Waals surface area contributed by atoms with Crippen LogP contribution in [0.1, 0.15) is 28.5 Å². The minimum atomic E-state index is -0.437. The van der Waals surface area contributed by atoms with Crippen LogP contribution in [0.2, 0.25) is 5.02 Å². The van der Waals surface area contributed by atoms with E-state index < -0.39 is 5.97 Å². The fourth-order valence-electron chi connectivity index (χ4n) is 2.07. The molecule has 0 radical (unpaired) electrons. The first-order valence-electron chi connectivity index (χ1n) is 5.64. The molecule has 2 aromatic rings. The van der Waals surface area contributed by atoms with Gasteiger partial charge in [0.25, 0.3) is 0 Å². The van der Waals surface area contributed by atoms with E-state index in [0.717, 1.165) is 11.1 Å². The highest BCUT2D eigenvalue weighted by molar-refractivity contribution is 6.38. The van der Waals surface area contributed by atoms with Crippen LogP contribution in [0.4, 0.5) is 0 Å². The highest BCUT2D eigenvalue weighted by Gasteiger charge is 2.22. The summed E-state index contributed by atoms with van der Waals surface area (Å²) in [4.78, 5) is 15.0. The number of ether oxygens (including phenoxy) is 1. The first-order chi connectivity index (χ1) is 8.47. The van der Waals surface area contributed by atoms with E-state index in [2.05, 4.69) is 4.98 Å².